The largest absolute Gasteiger partial charge is 0.326 e. The summed E-state index contributed by atoms with van der Waals surface area (Å²) in [7, 11) is 0. The van der Waals surface area contributed by atoms with Crippen LogP contribution in [-0.4, -0.2) is 17.6 Å². The fourth-order valence-electron chi connectivity index (χ4n) is 3.77. The van der Waals surface area contributed by atoms with Gasteiger partial charge in [0.1, 0.15) is 5.37 Å². The van der Waals surface area contributed by atoms with Crippen molar-refractivity contribution in [3.05, 3.63) is 95.6 Å². The number of nitrogens with one attached hydrogen (secondary N) is 1. The van der Waals surface area contributed by atoms with Crippen molar-refractivity contribution < 1.29 is 9.59 Å². The highest BCUT2D eigenvalue weighted by atomic mass is 32.2. The second kappa shape index (κ2) is 9.84. The van der Waals surface area contributed by atoms with Crippen molar-refractivity contribution in [1.82, 2.24) is 0 Å². The molecule has 1 heterocycles. The van der Waals surface area contributed by atoms with Gasteiger partial charge in [-0.3, -0.25) is 14.5 Å². The monoisotopic (exact) mass is 430 g/mol. The number of thioether (sulfide) groups is 1. The Kier molecular flexibility index (Phi) is 6.73. The number of benzene rings is 3. The molecule has 1 aliphatic heterocycles. The number of carbonyl (C=O) groups excluding carboxylic acids is 2. The first-order valence-corrected chi connectivity index (χ1v) is 11.7. The van der Waals surface area contributed by atoms with Crippen LogP contribution in [0.4, 0.5) is 11.4 Å². The molecule has 0 unspecified atom stereocenters. The Morgan fingerprint density at radius 2 is 1.77 bits per heavy atom. The fourth-order valence-corrected chi connectivity index (χ4v) is 4.94. The van der Waals surface area contributed by atoms with Crippen LogP contribution in [0.25, 0.3) is 0 Å². The number of hydrogen-bond donors (Lipinski definition) is 1. The van der Waals surface area contributed by atoms with Gasteiger partial charge in [-0.2, -0.15) is 0 Å². The Balaban J connectivity index is 1.47. The predicted molar refractivity (Wildman–Crippen MR) is 128 cm³/mol. The molecule has 0 bridgehead atoms. The lowest BCUT2D eigenvalue weighted by Crippen LogP contribution is -2.28. The van der Waals surface area contributed by atoms with Gasteiger partial charge in [0.25, 0.3) is 0 Å². The van der Waals surface area contributed by atoms with E-state index in [2.05, 4.69) is 24.4 Å². The Bertz CT molecular complexity index is 1070. The number of aryl methyl sites for hydroxylation is 2. The first-order valence-electron chi connectivity index (χ1n) is 10.6. The molecule has 0 radical (unpaired) electrons. The number of anilines is 2. The Hall–Kier alpha value is -3.05. The minimum absolute atomic E-state index is 0.0105. The molecule has 31 heavy (non-hydrogen) atoms. The molecule has 4 rings (SSSR count). The molecule has 0 spiro atoms. The summed E-state index contributed by atoms with van der Waals surface area (Å²) in [6.45, 7) is 2.11. The van der Waals surface area contributed by atoms with Crippen LogP contribution in [0.5, 0.6) is 0 Å². The SMILES string of the molecule is CCc1cccc(N2C(=O)CS[C@H]2c2cccc(NC(=O)CCc3ccccc3)c2)c1. The van der Waals surface area contributed by atoms with Crippen LogP contribution in [0.3, 0.4) is 0 Å². The lowest BCUT2D eigenvalue weighted by molar-refractivity contribution is -0.116. The van der Waals surface area contributed by atoms with E-state index in [-0.39, 0.29) is 17.2 Å². The van der Waals surface area contributed by atoms with Crippen LogP contribution in [0, 0.1) is 0 Å². The standard InChI is InChI=1S/C26H26N2O2S/c1-2-19-10-6-13-23(16-19)28-25(30)18-31-26(28)21-11-7-12-22(17-21)27-24(29)15-14-20-8-4-3-5-9-20/h3-13,16-17,26H,2,14-15,18H2,1H3,(H,27,29)/t26-/m0/s1. The van der Waals surface area contributed by atoms with Gasteiger partial charge in [-0.1, -0.05) is 61.5 Å². The quantitative estimate of drug-likeness (QED) is 0.531. The normalized spacial score (nSPS) is 15.8. The molecule has 4 nitrogen and oxygen atoms in total. The number of amides is 2. The van der Waals surface area contributed by atoms with Gasteiger partial charge >= 0.3 is 0 Å². The molecule has 158 valence electrons. The maximum atomic E-state index is 12.7. The second-order valence-electron chi connectivity index (χ2n) is 7.61. The van der Waals surface area contributed by atoms with E-state index in [0.29, 0.717) is 18.6 Å². The van der Waals surface area contributed by atoms with Crippen LogP contribution in [0.1, 0.15) is 35.4 Å². The smallest absolute Gasteiger partial charge is 0.238 e. The topological polar surface area (TPSA) is 49.4 Å². The maximum absolute atomic E-state index is 12.7. The number of rotatable bonds is 7. The van der Waals surface area contributed by atoms with Crippen molar-refractivity contribution in [3.8, 4) is 0 Å². The second-order valence-corrected chi connectivity index (χ2v) is 8.68. The van der Waals surface area contributed by atoms with Crippen molar-refractivity contribution in [2.75, 3.05) is 16.0 Å². The van der Waals surface area contributed by atoms with Gasteiger partial charge in [0.15, 0.2) is 0 Å². The highest BCUT2D eigenvalue weighted by molar-refractivity contribution is 8.00. The van der Waals surface area contributed by atoms with Crippen molar-refractivity contribution in [1.29, 1.82) is 0 Å². The third-order valence-corrected chi connectivity index (χ3v) is 6.62. The molecule has 0 aliphatic carbocycles. The molecule has 1 fully saturated rings. The summed E-state index contributed by atoms with van der Waals surface area (Å²) < 4.78 is 0. The highest BCUT2D eigenvalue weighted by Crippen LogP contribution is 2.42. The van der Waals surface area contributed by atoms with E-state index in [0.717, 1.165) is 28.9 Å². The summed E-state index contributed by atoms with van der Waals surface area (Å²) in [4.78, 5) is 27.0. The van der Waals surface area contributed by atoms with Crippen molar-refractivity contribution in [3.63, 3.8) is 0 Å². The van der Waals surface area contributed by atoms with Crippen LogP contribution in [-0.2, 0) is 22.4 Å². The van der Waals surface area contributed by atoms with E-state index in [4.69, 9.17) is 0 Å². The first kappa shape index (κ1) is 21.2. The van der Waals surface area contributed by atoms with E-state index in [9.17, 15) is 9.59 Å². The lowest BCUT2D eigenvalue weighted by Gasteiger charge is -2.25. The van der Waals surface area contributed by atoms with Gasteiger partial charge in [-0.15, -0.1) is 11.8 Å². The van der Waals surface area contributed by atoms with Crippen LogP contribution >= 0.6 is 11.8 Å². The van der Waals surface area contributed by atoms with Gasteiger partial charge in [-0.05, 0) is 53.8 Å². The third kappa shape index (κ3) is 5.17. The van der Waals surface area contributed by atoms with Gasteiger partial charge in [0, 0.05) is 17.8 Å². The van der Waals surface area contributed by atoms with E-state index >= 15 is 0 Å². The van der Waals surface area contributed by atoms with Crippen LogP contribution < -0.4 is 10.2 Å². The summed E-state index contributed by atoms with van der Waals surface area (Å²) in [6.07, 6.45) is 2.07. The first-order chi connectivity index (χ1) is 15.1. The van der Waals surface area contributed by atoms with E-state index in [1.54, 1.807) is 11.8 Å². The zero-order chi connectivity index (χ0) is 21.6. The van der Waals surface area contributed by atoms with E-state index in [1.165, 1.54) is 5.56 Å². The van der Waals surface area contributed by atoms with Gasteiger partial charge in [0.2, 0.25) is 11.8 Å². The number of nitrogens with zero attached hydrogens (tertiary/aromatic N) is 1. The summed E-state index contributed by atoms with van der Waals surface area (Å²) in [5, 5.41) is 2.91. The van der Waals surface area contributed by atoms with Crippen molar-refractivity contribution in [2.45, 2.75) is 31.6 Å². The van der Waals surface area contributed by atoms with E-state index in [1.807, 2.05) is 71.6 Å². The molecule has 0 aromatic heterocycles. The minimum Gasteiger partial charge on any atom is -0.326 e. The van der Waals surface area contributed by atoms with Crippen LogP contribution in [0.15, 0.2) is 78.9 Å². The Labute approximate surface area is 187 Å². The lowest BCUT2D eigenvalue weighted by atomic mass is 10.1. The molecule has 1 saturated heterocycles. The van der Waals surface area contributed by atoms with Gasteiger partial charge in [-0.25, -0.2) is 0 Å². The zero-order valence-electron chi connectivity index (χ0n) is 17.6. The Morgan fingerprint density at radius 1 is 1.00 bits per heavy atom. The number of carbonyl (C=O) groups is 2. The van der Waals surface area contributed by atoms with Gasteiger partial charge in [0.05, 0.1) is 5.75 Å². The highest BCUT2D eigenvalue weighted by Gasteiger charge is 2.34. The molecule has 0 saturated carbocycles. The molecular weight excluding hydrogens is 404 g/mol. The minimum atomic E-state index is -0.0965. The molecular formula is C26H26N2O2S. The van der Waals surface area contributed by atoms with Gasteiger partial charge < -0.3 is 5.32 Å². The van der Waals surface area contributed by atoms with Crippen molar-refractivity contribution in [2.24, 2.45) is 0 Å². The average Bonchev–Trinajstić information content (AvgIpc) is 3.20. The summed E-state index contributed by atoms with van der Waals surface area (Å²) >= 11 is 1.62. The molecule has 1 aliphatic rings. The van der Waals surface area contributed by atoms with Crippen LogP contribution in [0.2, 0.25) is 0 Å². The maximum Gasteiger partial charge on any atom is 0.238 e. The molecule has 2 amide bonds. The summed E-state index contributed by atoms with van der Waals surface area (Å²) in [5.74, 6) is 0.554. The number of hydrogen-bond acceptors (Lipinski definition) is 3. The predicted octanol–water partition coefficient (Wildman–Crippen LogP) is 5.60. The summed E-state index contributed by atoms with van der Waals surface area (Å²) in [6, 6.07) is 26.0. The molecule has 3 aromatic rings. The summed E-state index contributed by atoms with van der Waals surface area (Å²) in [5.41, 5.74) is 5.06. The average molecular weight is 431 g/mol. The molecule has 5 heteroatoms. The zero-order valence-corrected chi connectivity index (χ0v) is 18.4. The fraction of sp³-hybridized carbons (Fsp3) is 0.231. The molecule has 1 N–H and O–H groups in total. The van der Waals surface area contributed by atoms with Crippen molar-refractivity contribution >= 4 is 35.0 Å². The van der Waals surface area contributed by atoms with E-state index < -0.39 is 0 Å². The Morgan fingerprint density at radius 3 is 2.58 bits per heavy atom. The molecule has 1 atom stereocenters. The molecule has 3 aromatic carbocycles. The third-order valence-electron chi connectivity index (χ3n) is 5.40.